The van der Waals surface area contributed by atoms with Gasteiger partial charge in [-0.3, -0.25) is 48.1 Å². The van der Waals surface area contributed by atoms with Crippen molar-refractivity contribution >= 4 is 65.2 Å². The van der Waals surface area contributed by atoms with Gasteiger partial charge in [0.15, 0.2) is 5.96 Å². The van der Waals surface area contributed by atoms with Gasteiger partial charge in [0.25, 0.3) is 0 Å². The lowest BCUT2D eigenvalue weighted by Crippen LogP contribution is -2.61. The molecule has 1 heterocycles. The van der Waals surface area contributed by atoms with Crippen LogP contribution in [0.2, 0.25) is 0 Å². The summed E-state index contributed by atoms with van der Waals surface area (Å²) < 4.78 is 0. The minimum absolute atomic E-state index is 0.000329. The maximum Gasteiger partial charge on any atom is 0.326 e. The Morgan fingerprint density at radius 2 is 1.16 bits per heavy atom. The summed E-state index contributed by atoms with van der Waals surface area (Å²) in [7, 11) is 0. The summed E-state index contributed by atoms with van der Waals surface area (Å²) in [5, 5.41) is 53.5. The first-order chi connectivity index (χ1) is 32.6. The Labute approximate surface area is 396 Å². The van der Waals surface area contributed by atoms with Crippen molar-refractivity contribution in [2.45, 2.75) is 120 Å². The fourth-order valence-corrected chi connectivity index (χ4v) is 7.19. The monoisotopic (exact) mass is 967 g/mol. The molecule has 69 heavy (non-hydrogen) atoms. The van der Waals surface area contributed by atoms with Crippen molar-refractivity contribution < 1.29 is 68.4 Å². The van der Waals surface area contributed by atoms with Crippen LogP contribution in [-0.2, 0) is 60.8 Å². The number of guanidine groups is 1. The van der Waals surface area contributed by atoms with E-state index in [1.807, 2.05) is 0 Å². The molecule has 0 aromatic heterocycles. The standard InChI is InChI=1S/C44H61N11O14/c1-23(36(61)51-29(20-26-13-7-4-8-14-26)39(64)53-31(22-34(59)60)42(67)55-18-10-16-32(55)43(68)69)49-41(66)35(24(2)56)54-40(65)30(21-33(57)58)52-38(63)28(15-9-17-48-44(46)47)50-37(62)27(45)19-25-11-5-3-6-12-25/h3-8,11-14,23-24,27-32,35,56H,9-10,15-22,45H2,1-2H3,(H,49,66)(H,50,62)(H,51,61)(H,52,63)(H,53,64)(H,54,65)(H,57,58)(H,59,60)(H,68,69)(H4,46,47,48)/t23-,24+,27-,28-,29-,30-,31-,32-,35-/m0/s1. The SMILES string of the molecule is C[C@H](NC(=O)[C@@H](NC(=O)[C@H](CC(=O)O)NC(=O)[C@H](CCCN=C(N)N)NC(=O)[C@@H](N)Cc1ccccc1)[C@@H](C)O)C(=O)N[C@@H](Cc1ccccc1)C(=O)N[C@@H](CC(=O)O)C(=O)N1CCC[C@H]1C(=O)O. The van der Waals surface area contributed by atoms with Crippen LogP contribution in [0.1, 0.15) is 63.5 Å². The number of aliphatic imine (C=N–C) groups is 1. The smallest absolute Gasteiger partial charge is 0.326 e. The normalized spacial score (nSPS) is 16.6. The molecule has 1 aliphatic heterocycles. The second kappa shape index (κ2) is 27.2. The van der Waals surface area contributed by atoms with Crippen LogP contribution in [0.25, 0.3) is 0 Å². The number of carbonyl (C=O) groups excluding carboxylic acids is 7. The molecule has 1 fully saturated rings. The van der Waals surface area contributed by atoms with Crippen LogP contribution in [0.15, 0.2) is 65.7 Å². The summed E-state index contributed by atoms with van der Waals surface area (Å²) in [6.07, 6.45) is -3.30. The molecule has 2 aromatic carbocycles. The number of likely N-dealkylation sites (tertiary alicyclic amines) is 1. The molecule has 0 saturated carbocycles. The molecule has 3 rings (SSSR count). The van der Waals surface area contributed by atoms with E-state index in [9.17, 15) is 68.4 Å². The van der Waals surface area contributed by atoms with E-state index in [1.54, 1.807) is 60.7 Å². The fourth-order valence-electron chi connectivity index (χ4n) is 7.19. The molecule has 0 aliphatic carbocycles. The highest BCUT2D eigenvalue weighted by Crippen LogP contribution is 2.20. The summed E-state index contributed by atoms with van der Waals surface area (Å²) >= 11 is 0. The molecular weight excluding hydrogens is 907 g/mol. The molecule has 0 radical (unpaired) electrons. The average Bonchev–Trinajstić information content (AvgIpc) is 3.79. The quantitative estimate of drug-likeness (QED) is 0.0232. The number of nitrogens with two attached hydrogens (primary N) is 3. The Kier molecular flexibility index (Phi) is 22.0. The van der Waals surface area contributed by atoms with Crippen LogP contribution in [0.5, 0.6) is 0 Å². The molecule has 0 unspecified atom stereocenters. The second-order valence-corrected chi connectivity index (χ2v) is 16.4. The Balaban J connectivity index is 1.77. The number of benzene rings is 2. The second-order valence-electron chi connectivity index (χ2n) is 16.4. The van der Waals surface area contributed by atoms with E-state index in [0.717, 1.165) is 17.4 Å². The highest BCUT2D eigenvalue weighted by molar-refractivity contribution is 5.99. The van der Waals surface area contributed by atoms with Crippen molar-refractivity contribution in [3.8, 4) is 0 Å². The third-order valence-electron chi connectivity index (χ3n) is 10.8. The van der Waals surface area contributed by atoms with Crippen LogP contribution < -0.4 is 49.1 Å². The molecule has 1 saturated heterocycles. The van der Waals surface area contributed by atoms with Gasteiger partial charge in [0.2, 0.25) is 41.4 Å². The molecule has 2 aromatic rings. The third-order valence-corrected chi connectivity index (χ3v) is 10.8. The molecular formula is C44H61N11O14. The number of rotatable bonds is 27. The zero-order valence-electron chi connectivity index (χ0n) is 38.0. The van der Waals surface area contributed by atoms with E-state index in [1.165, 1.54) is 6.92 Å². The number of aliphatic hydroxyl groups is 1. The summed E-state index contributed by atoms with van der Waals surface area (Å²) in [5.41, 5.74) is 18.1. The molecule has 0 spiro atoms. The summed E-state index contributed by atoms with van der Waals surface area (Å²) in [5.74, 6) is -11.8. The van der Waals surface area contributed by atoms with Crippen molar-refractivity contribution in [3.63, 3.8) is 0 Å². The van der Waals surface area contributed by atoms with Gasteiger partial charge < -0.3 is 74.4 Å². The zero-order chi connectivity index (χ0) is 51.4. The highest BCUT2D eigenvalue weighted by atomic mass is 16.4. The predicted octanol–water partition coefficient (Wildman–Crippen LogP) is -3.81. The minimum Gasteiger partial charge on any atom is -0.481 e. The number of aliphatic hydroxyl groups excluding tert-OH is 1. The first-order valence-electron chi connectivity index (χ1n) is 21.9. The van der Waals surface area contributed by atoms with Crippen molar-refractivity contribution in [2.24, 2.45) is 22.2 Å². The van der Waals surface area contributed by atoms with Gasteiger partial charge >= 0.3 is 17.9 Å². The van der Waals surface area contributed by atoms with Crippen molar-refractivity contribution in [1.82, 2.24) is 36.8 Å². The van der Waals surface area contributed by atoms with Gasteiger partial charge in [0, 0.05) is 19.5 Å². The Morgan fingerprint density at radius 3 is 1.71 bits per heavy atom. The van der Waals surface area contributed by atoms with Gasteiger partial charge in [-0.1, -0.05) is 60.7 Å². The van der Waals surface area contributed by atoms with Gasteiger partial charge in [0.1, 0.15) is 42.3 Å². The average molecular weight is 968 g/mol. The third kappa shape index (κ3) is 18.5. The number of aliphatic carboxylic acids is 3. The molecule has 7 amide bonds. The van der Waals surface area contributed by atoms with Crippen LogP contribution in [-0.4, -0.2) is 158 Å². The number of nitrogens with zero attached hydrogens (tertiary/aromatic N) is 2. The van der Waals surface area contributed by atoms with Crippen molar-refractivity contribution in [2.75, 3.05) is 13.1 Å². The largest absolute Gasteiger partial charge is 0.481 e. The lowest BCUT2D eigenvalue weighted by Gasteiger charge is -2.29. The number of carboxylic acid groups (broad SMARTS) is 3. The summed E-state index contributed by atoms with van der Waals surface area (Å²) in [4.78, 5) is 135. The Hall–Kier alpha value is -7.67. The van der Waals surface area contributed by atoms with E-state index in [0.29, 0.717) is 12.0 Å². The molecule has 16 N–H and O–H groups in total. The van der Waals surface area contributed by atoms with Crippen LogP contribution >= 0.6 is 0 Å². The van der Waals surface area contributed by atoms with Gasteiger partial charge in [-0.2, -0.15) is 0 Å². The van der Waals surface area contributed by atoms with Crippen molar-refractivity contribution in [1.29, 1.82) is 0 Å². The molecule has 25 nitrogen and oxygen atoms in total. The first kappa shape index (κ1) is 55.7. The van der Waals surface area contributed by atoms with Gasteiger partial charge in [-0.25, -0.2) is 4.79 Å². The Morgan fingerprint density at radius 1 is 0.652 bits per heavy atom. The lowest BCUT2D eigenvalue weighted by atomic mass is 10.0. The first-order valence-corrected chi connectivity index (χ1v) is 21.9. The summed E-state index contributed by atoms with van der Waals surface area (Å²) in [6.45, 7) is 2.31. The molecule has 1 aliphatic rings. The lowest BCUT2D eigenvalue weighted by molar-refractivity contribution is -0.150. The molecule has 9 atom stereocenters. The van der Waals surface area contributed by atoms with Crippen LogP contribution in [0.3, 0.4) is 0 Å². The van der Waals surface area contributed by atoms with E-state index in [2.05, 4.69) is 36.9 Å². The van der Waals surface area contributed by atoms with Gasteiger partial charge in [0.05, 0.1) is 25.0 Å². The summed E-state index contributed by atoms with van der Waals surface area (Å²) in [6, 6.07) is 4.65. The van der Waals surface area contributed by atoms with Gasteiger partial charge in [-0.05, 0) is 57.1 Å². The minimum atomic E-state index is -1.89. The van der Waals surface area contributed by atoms with E-state index >= 15 is 0 Å². The maximum absolute atomic E-state index is 13.8. The number of nitrogens with one attached hydrogen (secondary N) is 6. The maximum atomic E-state index is 13.8. The van der Waals surface area contributed by atoms with E-state index in [4.69, 9.17) is 17.2 Å². The van der Waals surface area contributed by atoms with Gasteiger partial charge in [-0.15, -0.1) is 0 Å². The molecule has 376 valence electrons. The van der Waals surface area contributed by atoms with Crippen LogP contribution in [0.4, 0.5) is 0 Å². The highest BCUT2D eigenvalue weighted by Gasteiger charge is 2.40. The van der Waals surface area contributed by atoms with Crippen LogP contribution in [0, 0.1) is 0 Å². The number of hydrogen-bond donors (Lipinski definition) is 13. The number of hydrogen-bond acceptors (Lipinski definition) is 13. The topological polar surface area (TPSA) is 417 Å². The number of carbonyl (C=O) groups is 10. The molecule has 25 heteroatoms. The Bertz CT molecular complexity index is 2180. The fraction of sp³-hybridized carbons (Fsp3) is 0.477. The number of amides is 7. The van der Waals surface area contributed by atoms with E-state index < -0.39 is 127 Å². The predicted molar refractivity (Wildman–Crippen MR) is 244 cm³/mol. The van der Waals surface area contributed by atoms with E-state index in [-0.39, 0.29) is 51.2 Å². The number of carboxylic acids is 3. The molecule has 0 bridgehead atoms. The van der Waals surface area contributed by atoms with Crippen molar-refractivity contribution in [3.05, 3.63) is 71.8 Å². The zero-order valence-corrected chi connectivity index (χ0v) is 38.0.